The number of likely N-dealkylation sites (N-methyl/N-ethyl adjacent to an activating group) is 1. The molecule has 2 saturated heterocycles. The van der Waals surface area contributed by atoms with Crippen LogP contribution in [0.3, 0.4) is 0 Å². The van der Waals surface area contributed by atoms with Crippen LogP contribution in [0.2, 0.25) is 0 Å². The Morgan fingerprint density at radius 1 is 1.20 bits per heavy atom. The number of hydrogen-bond donors (Lipinski definition) is 1. The fraction of sp³-hybridized carbons (Fsp3) is 0.647. The Morgan fingerprint density at radius 3 is 2.60 bits per heavy atom. The summed E-state index contributed by atoms with van der Waals surface area (Å²) in [5.41, 5.74) is 1.47. The lowest BCUT2D eigenvalue weighted by Crippen LogP contribution is -2.52. The molecule has 2 aliphatic rings. The third-order valence-electron chi connectivity index (χ3n) is 5.02. The highest BCUT2D eigenvalue weighted by molar-refractivity contribution is 5.20. The van der Waals surface area contributed by atoms with Gasteiger partial charge in [-0.3, -0.25) is 4.90 Å². The molecule has 0 saturated carbocycles. The average molecular weight is 273 g/mol. The van der Waals surface area contributed by atoms with Crippen LogP contribution in [-0.2, 0) is 0 Å². The van der Waals surface area contributed by atoms with Gasteiger partial charge in [0.1, 0.15) is 0 Å². The molecule has 3 nitrogen and oxygen atoms in total. The maximum absolute atomic E-state index is 3.40. The van der Waals surface area contributed by atoms with Crippen LogP contribution in [0.15, 0.2) is 30.3 Å². The quantitative estimate of drug-likeness (QED) is 0.903. The molecule has 1 aromatic carbocycles. The summed E-state index contributed by atoms with van der Waals surface area (Å²) in [6, 6.07) is 11.6. The SMILES string of the molecule is CC(CN1CCN(C)CC1c1ccccc1)C1CNC1. The van der Waals surface area contributed by atoms with Crippen molar-refractivity contribution in [1.82, 2.24) is 15.1 Å². The Morgan fingerprint density at radius 2 is 1.95 bits per heavy atom. The normalized spacial score (nSPS) is 27.2. The van der Waals surface area contributed by atoms with E-state index in [1.54, 1.807) is 0 Å². The van der Waals surface area contributed by atoms with E-state index in [2.05, 4.69) is 59.4 Å². The van der Waals surface area contributed by atoms with Crippen LogP contribution in [0.25, 0.3) is 0 Å². The van der Waals surface area contributed by atoms with E-state index in [1.807, 2.05) is 0 Å². The van der Waals surface area contributed by atoms with E-state index in [1.165, 1.54) is 38.3 Å². The van der Waals surface area contributed by atoms with Crippen molar-refractivity contribution in [1.29, 1.82) is 0 Å². The molecule has 0 radical (unpaired) electrons. The van der Waals surface area contributed by atoms with E-state index < -0.39 is 0 Å². The second-order valence-electron chi connectivity index (χ2n) is 6.58. The summed E-state index contributed by atoms with van der Waals surface area (Å²) >= 11 is 0. The van der Waals surface area contributed by atoms with Gasteiger partial charge in [0, 0.05) is 32.2 Å². The first-order chi connectivity index (χ1) is 9.74. The lowest BCUT2D eigenvalue weighted by Gasteiger charge is -2.43. The number of piperazine rings is 1. The predicted octanol–water partition coefficient (Wildman–Crippen LogP) is 1.83. The predicted molar refractivity (Wildman–Crippen MR) is 83.8 cm³/mol. The molecule has 0 aliphatic carbocycles. The molecular weight excluding hydrogens is 246 g/mol. The molecule has 20 heavy (non-hydrogen) atoms. The van der Waals surface area contributed by atoms with E-state index in [0.717, 1.165) is 18.4 Å². The summed E-state index contributed by atoms with van der Waals surface area (Å²) in [4.78, 5) is 5.17. The molecule has 3 rings (SSSR count). The monoisotopic (exact) mass is 273 g/mol. The smallest absolute Gasteiger partial charge is 0.0475 e. The Bertz CT molecular complexity index is 416. The molecule has 0 aromatic heterocycles. The molecule has 2 fully saturated rings. The van der Waals surface area contributed by atoms with E-state index in [0.29, 0.717) is 6.04 Å². The molecule has 110 valence electrons. The van der Waals surface area contributed by atoms with E-state index >= 15 is 0 Å². The average Bonchev–Trinajstić information content (AvgIpc) is 2.40. The van der Waals surface area contributed by atoms with Gasteiger partial charge in [-0.05, 0) is 37.5 Å². The van der Waals surface area contributed by atoms with Crippen LogP contribution in [0, 0.1) is 11.8 Å². The zero-order chi connectivity index (χ0) is 13.9. The number of benzene rings is 1. The third kappa shape index (κ3) is 3.05. The molecule has 0 amide bonds. The largest absolute Gasteiger partial charge is 0.316 e. The van der Waals surface area contributed by atoms with Crippen LogP contribution < -0.4 is 5.32 Å². The van der Waals surface area contributed by atoms with Gasteiger partial charge in [0.25, 0.3) is 0 Å². The minimum absolute atomic E-state index is 0.561. The number of rotatable bonds is 4. The number of hydrogen-bond acceptors (Lipinski definition) is 3. The third-order valence-corrected chi connectivity index (χ3v) is 5.02. The first-order valence-electron chi connectivity index (χ1n) is 7.92. The number of nitrogens with one attached hydrogen (secondary N) is 1. The van der Waals surface area contributed by atoms with Crippen LogP contribution in [0.5, 0.6) is 0 Å². The van der Waals surface area contributed by atoms with Gasteiger partial charge in [-0.15, -0.1) is 0 Å². The molecule has 0 bridgehead atoms. The lowest BCUT2D eigenvalue weighted by molar-refractivity contribution is 0.0612. The summed E-state index contributed by atoms with van der Waals surface area (Å²) in [5, 5.41) is 3.40. The van der Waals surface area contributed by atoms with Gasteiger partial charge in [-0.1, -0.05) is 37.3 Å². The van der Waals surface area contributed by atoms with Crippen LogP contribution in [-0.4, -0.2) is 56.1 Å². The van der Waals surface area contributed by atoms with E-state index in [-0.39, 0.29) is 0 Å². The maximum Gasteiger partial charge on any atom is 0.0475 e. The van der Waals surface area contributed by atoms with Gasteiger partial charge in [0.15, 0.2) is 0 Å². The van der Waals surface area contributed by atoms with Crippen LogP contribution >= 0.6 is 0 Å². The Kier molecular flexibility index (Phi) is 4.39. The van der Waals surface area contributed by atoms with Crippen molar-refractivity contribution in [3.05, 3.63) is 35.9 Å². The molecule has 2 unspecified atom stereocenters. The van der Waals surface area contributed by atoms with Crippen molar-refractivity contribution in [3.63, 3.8) is 0 Å². The molecule has 2 heterocycles. The summed E-state index contributed by atoms with van der Waals surface area (Å²) in [5.74, 6) is 1.68. The van der Waals surface area contributed by atoms with Gasteiger partial charge in [-0.25, -0.2) is 0 Å². The molecule has 2 atom stereocenters. The second-order valence-corrected chi connectivity index (χ2v) is 6.58. The van der Waals surface area contributed by atoms with Crippen molar-refractivity contribution >= 4 is 0 Å². The fourth-order valence-corrected chi connectivity index (χ4v) is 3.40. The molecular formula is C17H27N3. The van der Waals surface area contributed by atoms with Gasteiger partial charge in [0.2, 0.25) is 0 Å². The highest BCUT2D eigenvalue weighted by atomic mass is 15.3. The Balaban J connectivity index is 1.69. The van der Waals surface area contributed by atoms with Crippen molar-refractivity contribution in [2.45, 2.75) is 13.0 Å². The molecule has 3 heteroatoms. The molecule has 1 aromatic rings. The van der Waals surface area contributed by atoms with E-state index in [4.69, 9.17) is 0 Å². The minimum atomic E-state index is 0.561. The highest BCUT2D eigenvalue weighted by Crippen LogP contribution is 2.27. The van der Waals surface area contributed by atoms with Crippen molar-refractivity contribution in [3.8, 4) is 0 Å². The molecule has 2 aliphatic heterocycles. The summed E-state index contributed by atoms with van der Waals surface area (Å²) in [6.45, 7) is 9.63. The van der Waals surface area contributed by atoms with Gasteiger partial charge in [-0.2, -0.15) is 0 Å². The zero-order valence-corrected chi connectivity index (χ0v) is 12.8. The first kappa shape index (κ1) is 14.1. The van der Waals surface area contributed by atoms with Crippen molar-refractivity contribution in [2.75, 3.05) is 46.3 Å². The minimum Gasteiger partial charge on any atom is -0.316 e. The van der Waals surface area contributed by atoms with Crippen LogP contribution in [0.1, 0.15) is 18.5 Å². The molecule has 0 spiro atoms. The fourth-order valence-electron chi connectivity index (χ4n) is 3.40. The standard InChI is InChI=1S/C17H27N3/c1-14(16-10-18-11-16)12-20-9-8-19(2)13-17(20)15-6-4-3-5-7-15/h3-7,14,16-18H,8-13H2,1-2H3. The van der Waals surface area contributed by atoms with Crippen LogP contribution in [0.4, 0.5) is 0 Å². The lowest BCUT2D eigenvalue weighted by atomic mass is 9.87. The molecule has 1 N–H and O–H groups in total. The summed E-state index contributed by atoms with van der Waals surface area (Å²) in [7, 11) is 2.24. The highest BCUT2D eigenvalue weighted by Gasteiger charge is 2.31. The van der Waals surface area contributed by atoms with Gasteiger partial charge < -0.3 is 10.2 Å². The Hall–Kier alpha value is -0.900. The van der Waals surface area contributed by atoms with Gasteiger partial charge >= 0.3 is 0 Å². The Labute approximate surface area is 123 Å². The summed E-state index contributed by atoms with van der Waals surface area (Å²) < 4.78 is 0. The van der Waals surface area contributed by atoms with Crippen molar-refractivity contribution in [2.24, 2.45) is 11.8 Å². The second kappa shape index (κ2) is 6.25. The van der Waals surface area contributed by atoms with Gasteiger partial charge in [0.05, 0.1) is 0 Å². The van der Waals surface area contributed by atoms with E-state index in [9.17, 15) is 0 Å². The number of nitrogens with zero attached hydrogens (tertiary/aromatic N) is 2. The first-order valence-corrected chi connectivity index (χ1v) is 7.92. The van der Waals surface area contributed by atoms with Crippen molar-refractivity contribution < 1.29 is 0 Å². The zero-order valence-electron chi connectivity index (χ0n) is 12.8. The topological polar surface area (TPSA) is 18.5 Å². The summed E-state index contributed by atoms with van der Waals surface area (Å²) in [6.07, 6.45) is 0. The maximum atomic E-state index is 3.40.